The Morgan fingerprint density at radius 3 is 1.88 bits per heavy atom. The van der Waals surface area contributed by atoms with Gasteiger partial charge >= 0.3 is 0 Å². The Hall–Kier alpha value is -0.0800. The molecule has 0 radical (unpaired) electrons. The molecule has 0 aliphatic carbocycles. The first-order chi connectivity index (χ1) is 3.50. The largest absolute Gasteiger partial charge is 0.376 e. The van der Waals surface area contributed by atoms with Gasteiger partial charge in [0.25, 0.3) is 0 Å². The van der Waals surface area contributed by atoms with Crippen molar-refractivity contribution in [2.24, 2.45) is 5.92 Å². The van der Waals surface area contributed by atoms with Gasteiger partial charge in [0.2, 0.25) is 0 Å². The van der Waals surface area contributed by atoms with Gasteiger partial charge in [0.05, 0.1) is 0 Å². The topological polar surface area (TPSA) is 32.3 Å². The van der Waals surface area contributed by atoms with Gasteiger partial charge in [-0.3, -0.25) is 5.32 Å². The summed E-state index contributed by atoms with van der Waals surface area (Å²) >= 11 is 0. The van der Waals surface area contributed by atoms with Crippen molar-refractivity contribution in [2.45, 2.75) is 26.5 Å². The van der Waals surface area contributed by atoms with Gasteiger partial charge in [-0.1, -0.05) is 13.8 Å². The molecule has 0 heterocycles. The Bertz CT molecular complexity index is 68.9. The molecule has 0 unspecified atom stereocenters. The van der Waals surface area contributed by atoms with E-state index in [4.69, 9.17) is 0 Å². The van der Waals surface area contributed by atoms with Crippen LogP contribution in [0.15, 0.2) is 0 Å². The Kier molecular flexibility index (Phi) is 2.44. The molecule has 2 N–H and O–H groups in total. The fourth-order valence-corrected chi connectivity index (χ4v) is 0.289. The molecule has 0 aliphatic rings. The predicted molar refractivity (Wildman–Crippen MR) is 34.5 cm³/mol. The molecule has 0 aromatic carbocycles. The van der Waals surface area contributed by atoms with Gasteiger partial charge < -0.3 is 5.11 Å². The van der Waals surface area contributed by atoms with Crippen molar-refractivity contribution in [1.29, 1.82) is 0 Å². The molecule has 1 atom stereocenters. The average Bonchev–Trinajstić information content (AvgIpc) is 1.67. The van der Waals surface area contributed by atoms with Crippen molar-refractivity contribution < 1.29 is 5.11 Å². The maximum Gasteiger partial charge on any atom is 0.115 e. The van der Waals surface area contributed by atoms with Gasteiger partial charge in [0, 0.05) is 0 Å². The first kappa shape index (κ1) is 7.92. The van der Waals surface area contributed by atoms with Crippen LogP contribution in [0.3, 0.4) is 0 Å². The molecule has 0 spiro atoms. The van der Waals surface area contributed by atoms with Gasteiger partial charge in [-0.15, -0.1) is 0 Å². The third kappa shape index (κ3) is 1.80. The molecule has 50 valence electrons. The Labute approximate surface area is 50.9 Å². The summed E-state index contributed by atoms with van der Waals surface area (Å²) < 4.78 is 0. The van der Waals surface area contributed by atoms with Crippen LogP contribution >= 0.6 is 0 Å². The quantitative estimate of drug-likeness (QED) is 0.518. The molecule has 0 aromatic rings. The number of rotatable bonds is 2. The molecule has 0 aromatic heterocycles. The lowest BCUT2D eigenvalue weighted by molar-refractivity contribution is -0.0125. The van der Waals surface area contributed by atoms with Crippen LogP contribution in [0.2, 0.25) is 0 Å². The van der Waals surface area contributed by atoms with E-state index in [1.807, 2.05) is 13.8 Å². The summed E-state index contributed by atoms with van der Waals surface area (Å²) in [7, 11) is 1.75. The lowest BCUT2D eigenvalue weighted by atomic mass is 10.0. The third-order valence-electron chi connectivity index (χ3n) is 1.63. The maximum atomic E-state index is 9.29. The van der Waals surface area contributed by atoms with Gasteiger partial charge in [0.15, 0.2) is 0 Å². The highest BCUT2D eigenvalue weighted by atomic mass is 16.3. The van der Waals surface area contributed by atoms with Gasteiger partial charge in [-0.25, -0.2) is 0 Å². The fourth-order valence-electron chi connectivity index (χ4n) is 0.289. The first-order valence-electron chi connectivity index (χ1n) is 2.92. The van der Waals surface area contributed by atoms with E-state index < -0.39 is 5.72 Å². The van der Waals surface area contributed by atoms with E-state index in [-0.39, 0.29) is 5.92 Å². The SMILES string of the molecule is CN[C@](C)(O)C(C)C. The molecule has 0 bridgehead atoms. The molecular formula is C6H15NO. The minimum absolute atomic E-state index is 0.257. The molecule has 0 fully saturated rings. The van der Waals surface area contributed by atoms with E-state index in [0.29, 0.717) is 0 Å². The lowest BCUT2D eigenvalue weighted by Crippen LogP contribution is -2.44. The fraction of sp³-hybridized carbons (Fsp3) is 1.00. The van der Waals surface area contributed by atoms with E-state index in [2.05, 4.69) is 5.32 Å². The second-order valence-electron chi connectivity index (χ2n) is 2.55. The van der Waals surface area contributed by atoms with E-state index in [1.165, 1.54) is 0 Å². The number of nitrogens with one attached hydrogen (secondary N) is 1. The van der Waals surface area contributed by atoms with Crippen LogP contribution in [-0.2, 0) is 0 Å². The van der Waals surface area contributed by atoms with Gasteiger partial charge in [0.1, 0.15) is 5.72 Å². The van der Waals surface area contributed by atoms with Crippen molar-refractivity contribution in [1.82, 2.24) is 5.32 Å². The summed E-state index contributed by atoms with van der Waals surface area (Å²) in [6.07, 6.45) is 0. The van der Waals surface area contributed by atoms with Crippen LogP contribution in [0, 0.1) is 5.92 Å². The summed E-state index contributed by atoms with van der Waals surface area (Å²) in [5.74, 6) is 0.257. The number of hydrogen-bond donors (Lipinski definition) is 2. The average molecular weight is 117 g/mol. The molecular weight excluding hydrogens is 102 g/mol. The highest BCUT2D eigenvalue weighted by molar-refractivity contribution is 4.69. The van der Waals surface area contributed by atoms with Crippen molar-refractivity contribution >= 4 is 0 Å². The Balaban J connectivity index is 3.71. The van der Waals surface area contributed by atoms with Crippen molar-refractivity contribution in [3.05, 3.63) is 0 Å². The van der Waals surface area contributed by atoms with Crippen LogP contribution < -0.4 is 5.32 Å². The van der Waals surface area contributed by atoms with Crippen LogP contribution in [0.25, 0.3) is 0 Å². The standard InChI is InChI=1S/C6H15NO/c1-5(2)6(3,8)7-4/h5,7-8H,1-4H3/t6-/m1/s1. The molecule has 0 aliphatic heterocycles. The lowest BCUT2D eigenvalue weighted by Gasteiger charge is -2.26. The zero-order valence-electron chi connectivity index (χ0n) is 6.02. The van der Waals surface area contributed by atoms with Crippen LogP contribution in [0.1, 0.15) is 20.8 Å². The third-order valence-corrected chi connectivity index (χ3v) is 1.63. The molecule has 0 saturated heterocycles. The van der Waals surface area contributed by atoms with Crippen molar-refractivity contribution in [3.63, 3.8) is 0 Å². The second kappa shape index (κ2) is 2.46. The van der Waals surface area contributed by atoms with E-state index >= 15 is 0 Å². The zero-order valence-corrected chi connectivity index (χ0v) is 6.02. The monoisotopic (exact) mass is 117 g/mol. The smallest absolute Gasteiger partial charge is 0.115 e. The summed E-state index contributed by atoms with van der Waals surface area (Å²) in [4.78, 5) is 0. The molecule has 0 rings (SSSR count). The van der Waals surface area contributed by atoms with E-state index in [0.717, 1.165) is 0 Å². The van der Waals surface area contributed by atoms with Crippen molar-refractivity contribution in [2.75, 3.05) is 7.05 Å². The highest BCUT2D eigenvalue weighted by Crippen LogP contribution is 2.09. The van der Waals surface area contributed by atoms with Crippen LogP contribution in [0.4, 0.5) is 0 Å². The second-order valence-corrected chi connectivity index (χ2v) is 2.55. The minimum atomic E-state index is -0.708. The predicted octanol–water partition coefficient (Wildman–Crippen LogP) is 0.570. The molecule has 8 heavy (non-hydrogen) atoms. The van der Waals surface area contributed by atoms with E-state index in [9.17, 15) is 5.11 Å². The summed E-state index contributed by atoms with van der Waals surface area (Å²) in [5, 5.41) is 12.1. The summed E-state index contributed by atoms with van der Waals surface area (Å²) in [6.45, 7) is 5.70. The minimum Gasteiger partial charge on any atom is -0.376 e. The maximum absolute atomic E-state index is 9.29. The van der Waals surface area contributed by atoms with Crippen molar-refractivity contribution in [3.8, 4) is 0 Å². The summed E-state index contributed by atoms with van der Waals surface area (Å²) in [6, 6.07) is 0. The Morgan fingerprint density at radius 1 is 1.50 bits per heavy atom. The molecule has 2 heteroatoms. The molecule has 0 amide bonds. The van der Waals surface area contributed by atoms with Gasteiger partial charge in [-0.2, -0.15) is 0 Å². The van der Waals surface area contributed by atoms with E-state index in [1.54, 1.807) is 14.0 Å². The number of aliphatic hydroxyl groups is 1. The normalized spacial score (nSPS) is 18.8. The van der Waals surface area contributed by atoms with Crippen LogP contribution in [0.5, 0.6) is 0 Å². The zero-order chi connectivity index (χ0) is 6.78. The molecule has 0 saturated carbocycles. The molecule has 2 nitrogen and oxygen atoms in total. The summed E-state index contributed by atoms with van der Waals surface area (Å²) in [5.41, 5.74) is -0.708. The Morgan fingerprint density at radius 2 is 1.88 bits per heavy atom. The number of hydrogen-bond acceptors (Lipinski definition) is 2. The van der Waals surface area contributed by atoms with Crippen LogP contribution in [-0.4, -0.2) is 17.9 Å². The first-order valence-corrected chi connectivity index (χ1v) is 2.92. The highest BCUT2D eigenvalue weighted by Gasteiger charge is 2.20. The van der Waals surface area contributed by atoms with Gasteiger partial charge in [-0.05, 0) is 19.9 Å².